The van der Waals surface area contributed by atoms with Crippen LogP contribution in [0.4, 0.5) is 0 Å². The van der Waals surface area contributed by atoms with Crippen LogP contribution in [-0.4, -0.2) is 11.1 Å². The van der Waals surface area contributed by atoms with Crippen molar-refractivity contribution < 1.29 is 9.90 Å². The number of hydrogen-bond donors (Lipinski definition) is 1. The Bertz CT molecular complexity index is 276. The molecule has 0 saturated heterocycles. The monoisotopic (exact) mass is 164 g/mol. The zero-order valence-electron chi connectivity index (χ0n) is 6.92. The second kappa shape index (κ2) is 1.76. The van der Waals surface area contributed by atoms with E-state index in [1.807, 2.05) is 0 Å². The Balaban J connectivity index is 2.03. The van der Waals surface area contributed by atoms with Crippen molar-refractivity contribution in [3.05, 3.63) is 11.6 Å². The van der Waals surface area contributed by atoms with Crippen LogP contribution in [0.25, 0.3) is 0 Å². The second-order valence-electron chi connectivity index (χ2n) is 4.53. The van der Waals surface area contributed by atoms with Crippen LogP contribution in [0.15, 0.2) is 11.6 Å². The van der Waals surface area contributed by atoms with Crippen molar-refractivity contribution in [3.63, 3.8) is 0 Å². The van der Waals surface area contributed by atoms with Gasteiger partial charge >= 0.3 is 5.97 Å². The van der Waals surface area contributed by atoms with E-state index in [0.29, 0.717) is 11.8 Å². The summed E-state index contributed by atoms with van der Waals surface area (Å²) in [5, 5.41) is 9.12. The van der Waals surface area contributed by atoms with Crippen molar-refractivity contribution in [2.75, 3.05) is 0 Å². The molecule has 2 heteroatoms. The molecule has 0 spiro atoms. The minimum atomic E-state index is -0.563. The van der Waals surface area contributed by atoms with Gasteiger partial charge in [0.05, 0.1) is 5.41 Å². The van der Waals surface area contributed by atoms with Crippen LogP contribution < -0.4 is 0 Å². The number of rotatable bonds is 1. The van der Waals surface area contributed by atoms with Gasteiger partial charge in [-0.3, -0.25) is 4.79 Å². The van der Waals surface area contributed by atoms with E-state index in [0.717, 1.165) is 19.3 Å². The van der Waals surface area contributed by atoms with Crippen molar-refractivity contribution in [2.24, 2.45) is 17.3 Å². The standard InChI is InChI=1S/C10H12O2/c11-9(12)10-2-1-8-6(4-10)3-7(8)5-10/h1,6-7H,2-5H2,(H,11,12). The topological polar surface area (TPSA) is 37.3 Å². The van der Waals surface area contributed by atoms with E-state index in [9.17, 15) is 4.79 Å². The Hall–Kier alpha value is -0.790. The van der Waals surface area contributed by atoms with Gasteiger partial charge in [0.15, 0.2) is 0 Å². The molecule has 5 aliphatic carbocycles. The summed E-state index contributed by atoms with van der Waals surface area (Å²) in [5.41, 5.74) is 1.23. The fraction of sp³-hybridized carbons (Fsp3) is 0.700. The van der Waals surface area contributed by atoms with Crippen LogP contribution in [-0.2, 0) is 4.79 Å². The van der Waals surface area contributed by atoms with Crippen LogP contribution in [0, 0.1) is 17.3 Å². The molecule has 0 aromatic carbocycles. The number of hydrogen-bond acceptors (Lipinski definition) is 1. The molecule has 2 nitrogen and oxygen atoms in total. The van der Waals surface area contributed by atoms with Gasteiger partial charge in [-0.25, -0.2) is 0 Å². The van der Waals surface area contributed by atoms with Crippen LogP contribution in [0.2, 0.25) is 0 Å². The first kappa shape index (κ1) is 6.70. The molecule has 0 aromatic rings. The minimum Gasteiger partial charge on any atom is -0.481 e. The predicted molar refractivity (Wildman–Crippen MR) is 43.6 cm³/mol. The summed E-state index contributed by atoms with van der Waals surface area (Å²) in [6.07, 6.45) is 6.10. The number of fused-ring (bicyclic) bond motifs is 1. The lowest BCUT2D eigenvalue weighted by Gasteiger charge is -2.56. The summed E-state index contributed by atoms with van der Waals surface area (Å²) in [7, 11) is 0. The smallest absolute Gasteiger partial charge is 0.309 e. The fourth-order valence-corrected chi connectivity index (χ4v) is 3.29. The Morgan fingerprint density at radius 1 is 1.50 bits per heavy atom. The highest BCUT2D eigenvalue weighted by atomic mass is 16.4. The third-order valence-corrected chi connectivity index (χ3v) is 3.97. The first-order valence-corrected chi connectivity index (χ1v) is 4.65. The van der Waals surface area contributed by atoms with Crippen molar-refractivity contribution in [3.8, 4) is 0 Å². The molecule has 3 saturated carbocycles. The summed E-state index contributed by atoms with van der Waals surface area (Å²) in [6.45, 7) is 0. The lowest BCUT2D eigenvalue weighted by atomic mass is 9.48. The minimum absolute atomic E-state index is 0.352. The summed E-state index contributed by atoms with van der Waals surface area (Å²) in [4.78, 5) is 11.1. The van der Waals surface area contributed by atoms with Crippen molar-refractivity contribution in [1.82, 2.24) is 0 Å². The van der Waals surface area contributed by atoms with Gasteiger partial charge in [0.2, 0.25) is 0 Å². The molecule has 5 aliphatic rings. The molecule has 2 atom stereocenters. The summed E-state index contributed by atoms with van der Waals surface area (Å²) < 4.78 is 0. The number of carboxylic acids is 1. The maximum absolute atomic E-state index is 11.1. The summed E-state index contributed by atoms with van der Waals surface area (Å²) in [6, 6.07) is 0. The van der Waals surface area contributed by atoms with Gasteiger partial charge in [-0.15, -0.1) is 0 Å². The molecule has 0 amide bonds. The van der Waals surface area contributed by atoms with Gasteiger partial charge < -0.3 is 5.11 Å². The number of carbonyl (C=O) groups is 1. The molecule has 0 radical (unpaired) electrons. The Morgan fingerprint density at radius 2 is 2.17 bits per heavy atom. The van der Waals surface area contributed by atoms with E-state index in [2.05, 4.69) is 6.08 Å². The average Bonchev–Trinajstić information content (AvgIpc) is 2.04. The summed E-state index contributed by atoms with van der Waals surface area (Å²) >= 11 is 0. The first-order chi connectivity index (χ1) is 5.71. The molecule has 5 rings (SSSR count). The lowest BCUT2D eigenvalue weighted by molar-refractivity contribution is -0.156. The van der Waals surface area contributed by atoms with Gasteiger partial charge in [-0.2, -0.15) is 0 Å². The van der Waals surface area contributed by atoms with E-state index in [4.69, 9.17) is 5.11 Å². The molecule has 3 fully saturated rings. The molecular weight excluding hydrogens is 152 g/mol. The van der Waals surface area contributed by atoms with E-state index in [-0.39, 0.29) is 5.41 Å². The molecule has 12 heavy (non-hydrogen) atoms. The Kier molecular flexibility index (Phi) is 0.980. The number of carboxylic acid groups (broad SMARTS) is 1. The third kappa shape index (κ3) is 0.563. The summed E-state index contributed by atoms with van der Waals surface area (Å²) in [5.74, 6) is 0.731. The van der Waals surface area contributed by atoms with Crippen LogP contribution in [0.1, 0.15) is 25.7 Å². The van der Waals surface area contributed by atoms with Crippen LogP contribution in [0.5, 0.6) is 0 Å². The normalized spacial score (nSPS) is 48.2. The first-order valence-electron chi connectivity index (χ1n) is 4.65. The third-order valence-electron chi connectivity index (χ3n) is 3.97. The molecule has 0 aliphatic heterocycles. The maximum atomic E-state index is 11.1. The highest BCUT2D eigenvalue weighted by molar-refractivity contribution is 5.76. The van der Waals surface area contributed by atoms with Gasteiger partial charge in [0, 0.05) is 0 Å². The van der Waals surface area contributed by atoms with E-state index >= 15 is 0 Å². The van der Waals surface area contributed by atoms with Gasteiger partial charge in [-0.1, -0.05) is 11.6 Å². The molecule has 64 valence electrons. The Morgan fingerprint density at radius 3 is 2.58 bits per heavy atom. The molecule has 0 heterocycles. The maximum Gasteiger partial charge on any atom is 0.309 e. The largest absolute Gasteiger partial charge is 0.481 e. The molecule has 1 N–H and O–H groups in total. The average molecular weight is 164 g/mol. The van der Waals surface area contributed by atoms with Crippen molar-refractivity contribution >= 4 is 5.97 Å². The fourth-order valence-electron chi connectivity index (χ4n) is 3.29. The quantitative estimate of drug-likeness (QED) is 0.600. The molecule has 2 unspecified atom stereocenters. The highest BCUT2D eigenvalue weighted by Gasteiger charge is 2.56. The molecular formula is C10H12O2. The molecule has 4 bridgehead atoms. The SMILES string of the molecule is O=C(O)C12CC=C3C(CC3C1)C2. The van der Waals surface area contributed by atoms with Crippen molar-refractivity contribution in [1.29, 1.82) is 0 Å². The zero-order chi connectivity index (χ0) is 8.34. The Labute approximate surface area is 71.3 Å². The van der Waals surface area contributed by atoms with Crippen LogP contribution in [0.3, 0.4) is 0 Å². The predicted octanol–water partition coefficient (Wildman–Crippen LogP) is 1.82. The van der Waals surface area contributed by atoms with Gasteiger partial charge in [-0.05, 0) is 37.5 Å². The number of aliphatic carboxylic acids is 1. The van der Waals surface area contributed by atoms with Crippen molar-refractivity contribution in [2.45, 2.75) is 25.7 Å². The van der Waals surface area contributed by atoms with E-state index in [1.54, 1.807) is 5.57 Å². The highest BCUT2D eigenvalue weighted by Crippen LogP contribution is 2.62. The second-order valence-corrected chi connectivity index (χ2v) is 4.53. The van der Waals surface area contributed by atoms with Gasteiger partial charge in [0.25, 0.3) is 0 Å². The van der Waals surface area contributed by atoms with Crippen LogP contribution >= 0.6 is 0 Å². The van der Waals surface area contributed by atoms with E-state index in [1.165, 1.54) is 6.42 Å². The van der Waals surface area contributed by atoms with Gasteiger partial charge in [0.1, 0.15) is 0 Å². The van der Waals surface area contributed by atoms with E-state index < -0.39 is 5.97 Å². The number of allylic oxidation sites excluding steroid dienone is 2. The molecule has 0 aromatic heterocycles. The lowest BCUT2D eigenvalue weighted by Crippen LogP contribution is -2.50. The zero-order valence-corrected chi connectivity index (χ0v) is 6.92.